The predicted molar refractivity (Wildman–Crippen MR) is 82.0 cm³/mol. The van der Waals surface area contributed by atoms with Crippen LogP contribution in [0, 0.1) is 0 Å². The molecule has 1 aliphatic rings. The monoisotopic (exact) mass is 290 g/mol. The Morgan fingerprint density at radius 2 is 2.00 bits per heavy atom. The van der Waals surface area contributed by atoms with Crippen molar-refractivity contribution in [3.05, 3.63) is 29.8 Å². The number of hydrogen-bond donors (Lipinski definition) is 3. The van der Waals surface area contributed by atoms with Crippen molar-refractivity contribution >= 4 is 17.5 Å². The molecule has 0 saturated heterocycles. The molecular formula is C15H22N4O2. The Labute approximate surface area is 124 Å². The van der Waals surface area contributed by atoms with Crippen LogP contribution in [0.15, 0.2) is 24.3 Å². The first kappa shape index (κ1) is 15.3. The van der Waals surface area contributed by atoms with E-state index in [2.05, 4.69) is 39.8 Å². The third-order valence-electron chi connectivity index (χ3n) is 3.54. The molecule has 0 spiro atoms. The fourth-order valence-electron chi connectivity index (χ4n) is 2.45. The maximum Gasteiger partial charge on any atom is 0.239 e. The maximum absolute atomic E-state index is 11.5. The Balaban J connectivity index is 1.62. The summed E-state index contributed by atoms with van der Waals surface area (Å²) < 4.78 is 0. The average Bonchev–Trinajstić information content (AvgIpc) is 2.92. The van der Waals surface area contributed by atoms with Gasteiger partial charge in [-0.05, 0) is 24.5 Å². The van der Waals surface area contributed by atoms with Crippen molar-refractivity contribution in [1.82, 2.24) is 10.6 Å². The van der Waals surface area contributed by atoms with Crippen LogP contribution in [0.25, 0.3) is 0 Å². The van der Waals surface area contributed by atoms with Crippen LogP contribution >= 0.6 is 0 Å². The number of nitrogens with zero attached hydrogens (tertiary/aromatic N) is 1. The van der Waals surface area contributed by atoms with Gasteiger partial charge >= 0.3 is 0 Å². The number of para-hydroxylation sites is 1. The molecule has 1 heterocycles. The Hall–Kier alpha value is -2.08. The van der Waals surface area contributed by atoms with Gasteiger partial charge in [0.05, 0.1) is 13.1 Å². The van der Waals surface area contributed by atoms with Gasteiger partial charge in [0.1, 0.15) is 0 Å². The topological polar surface area (TPSA) is 87.5 Å². The summed E-state index contributed by atoms with van der Waals surface area (Å²) in [6, 6.07) is 8.43. The Kier molecular flexibility index (Phi) is 5.57. The van der Waals surface area contributed by atoms with Crippen molar-refractivity contribution in [3.8, 4) is 0 Å². The minimum Gasteiger partial charge on any atom is -0.371 e. The molecule has 1 aliphatic heterocycles. The Bertz CT molecular complexity index is 504. The average molecular weight is 290 g/mol. The number of rotatable bonds is 7. The molecule has 1 aromatic rings. The van der Waals surface area contributed by atoms with Gasteiger partial charge in [0.15, 0.2) is 0 Å². The van der Waals surface area contributed by atoms with Gasteiger partial charge in [0, 0.05) is 25.3 Å². The highest BCUT2D eigenvalue weighted by molar-refractivity contribution is 5.85. The lowest BCUT2D eigenvalue weighted by molar-refractivity contribution is -0.125. The lowest BCUT2D eigenvalue weighted by atomic mass is 10.2. The van der Waals surface area contributed by atoms with E-state index in [4.69, 9.17) is 5.73 Å². The second-order valence-corrected chi connectivity index (χ2v) is 5.05. The third kappa shape index (κ3) is 4.46. The molecule has 21 heavy (non-hydrogen) atoms. The Morgan fingerprint density at radius 3 is 2.81 bits per heavy atom. The second-order valence-electron chi connectivity index (χ2n) is 5.05. The van der Waals surface area contributed by atoms with E-state index in [1.165, 1.54) is 11.3 Å². The van der Waals surface area contributed by atoms with Gasteiger partial charge in [0.25, 0.3) is 0 Å². The minimum absolute atomic E-state index is 0.0113. The van der Waals surface area contributed by atoms with Gasteiger partial charge in [-0.2, -0.15) is 0 Å². The molecule has 0 aromatic heterocycles. The van der Waals surface area contributed by atoms with Crippen molar-refractivity contribution in [2.45, 2.75) is 12.8 Å². The number of anilines is 1. The number of hydrogen-bond acceptors (Lipinski definition) is 4. The lowest BCUT2D eigenvalue weighted by Gasteiger charge is -2.19. The van der Waals surface area contributed by atoms with E-state index in [9.17, 15) is 9.59 Å². The number of carbonyl (C=O) groups excluding carboxylic acids is 2. The number of benzene rings is 1. The number of carbonyl (C=O) groups is 2. The van der Waals surface area contributed by atoms with E-state index in [1.54, 1.807) is 0 Å². The van der Waals surface area contributed by atoms with Gasteiger partial charge < -0.3 is 21.3 Å². The summed E-state index contributed by atoms with van der Waals surface area (Å²) in [6.45, 7) is 2.46. The van der Waals surface area contributed by atoms with Crippen LogP contribution in [0.4, 0.5) is 5.69 Å². The molecule has 1 aromatic carbocycles. The molecule has 2 amide bonds. The van der Waals surface area contributed by atoms with Crippen LogP contribution in [0.2, 0.25) is 0 Å². The normalized spacial score (nSPS) is 12.9. The highest BCUT2D eigenvalue weighted by Gasteiger charge is 2.17. The fraction of sp³-hybridized carbons (Fsp3) is 0.467. The smallest absolute Gasteiger partial charge is 0.239 e. The molecule has 0 unspecified atom stereocenters. The first-order valence-corrected chi connectivity index (χ1v) is 7.27. The number of nitrogens with one attached hydrogen (secondary N) is 2. The molecule has 0 aliphatic carbocycles. The summed E-state index contributed by atoms with van der Waals surface area (Å²) >= 11 is 0. The van der Waals surface area contributed by atoms with Crippen molar-refractivity contribution < 1.29 is 9.59 Å². The summed E-state index contributed by atoms with van der Waals surface area (Å²) in [5.41, 5.74) is 7.84. The van der Waals surface area contributed by atoms with Crippen LogP contribution in [0.3, 0.4) is 0 Å². The van der Waals surface area contributed by atoms with Crippen molar-refractivity contribution in [2.24, 2.45) is 5.73 Å². The summed E-state index contributed by atoms with van der Waals surface area (Å²) in [4.78, 5) is 24.7. The molecule has 2 rings (SSSR count). The first-order chi connectivity index (χ1) is 10.2. The molecule has 6 heteroatoms. The maximum atomic E-state index is 11.5. The van der Waals surface area contributed by atoms with E-state index in [-0.39, 0.29) is 24.9 Å². The van der Waals surface area contributed by atoms with Crippen molar-refractivity contribution in [2.75, 3.05) is 37.6 Å². The SMILES string of the molecule is NCC(=O)NCC(=O)NCCCN1CCc2ccccc21. The first-order valence-electron chi connectivity index (χ1n) is 7.27. The highest BCUT2D eigenvalue weighted by Crippen LogP contribution is 2.26. The molecule has 0 atom stereocenters. The molecule has 114 valence electrons. The standard InChI is InChI=1S/C15H22N4O2/c16-10-14(20)18-11-15(21)17-7-3-8-19-9-6-12-4-1-2-5-13(12)19/h1-2,4-5H,3,6-11,16H2,(H,17,21)(H,18,20). The van der Waals surface area contributed by atoms with Gasteiger partial charge in [-0.3, -0.25) is 9.59 Å². The second kappa shape index (κ2) is 7.64. The van der Waals surface area contributed by atoms with Crippen LogP contribution in [0.1, 0.15) is 12.0 Å². The summed E-state index contributed by atoms with van der Waals surface area (Å²) in [5, 5.41) is 5.23. The zero-order valence-corrected chi connectivity index (χ0v) is 12.1. The van der Waals surface area contributed by atoms with E-state index in [1.807, 2.05) is 0 Å². The molecule has 4 N–H and O–H groups in total. The van der Waals surface area contributed by atoms with Crippen molar-refractivity contribution in [3.63, 3.8) is 0 Å². The third-order valence-corrected chi connectivity index (χ3v) is 3.54. The molecule has 0 saturated carbocycles. The molecule has 0 radical (unpaired) electrons. The van der Waals surface area contributed by atoms with Crippen LogP contribution in [-0.2, 0) is 16.0 Å². The molecule has 0 bridgehead atoms. The number of fused-ring (bicyclic) bond motifs is 1. The molecule has 0 fully saturated rings. The number of amides is 2. The molecule has 6 nitrogen and oxygen atoms in total. The highest BCUT2D eigenvalue weighted by atomic mass is 16.2. The fourth-order valence-corrected chi connectivity index (χ4v) is 2.45. The van der Waals surface area contributed by atoms with Gasteiger partial charge in [-0.15, -0.1) is 0 Å². The summed E-state index contributed by atoms with van der Waals surface area (Å²) in [7, 11) is 0. The van der Waals surface area contributed by atoms with Crippen LogP contribution < -0.4 is 21.3 Å². The summed E-state index contributed by atoms with van der Waals surface area (Å²) in [6.07, 6.45) is 1.97. The van der Waals surface area contributed by atoms with Gasteiger partial charge in [0.2, 0.25) is 11.8 Å². The zero-order valence-electron chi connectivity index (χ0n) is 12.1. The zero-order chi connectivity index (χ0) is 15.1. The van der Waals surface area contributed by atoms with E-state index < -0.39 is 0 Å². The van der Waals surface area contributed by atoms with Crippen LogP contribution in [-0.4, -0.2) is 44.5 Å². The largest absolute Gasteiger partial charge is 0.371 e. The molecular weight excluding hydrogens is 268 g/mol. The van der Waals surface area contributed by atoms with Crippen LogP contribution in [0.5, 0.6) is 0 Å². The predicted octanol–water partition coefficient (Wildman–Crippen LogP) is -0.370. The van der Waals surface area contributed by atoms with Gasteiger partial charge in [-0.25, -0.2) is 0 Å². The Morgan fingerprint density at radius 1 is 1.19 bits per heavy atom. The van der Waals surface area contributed by atoms with Crippen molar-refractivity contribution in [1.29, 1.82) is 0 Å². The number of nitrogens with two attached hydrogens (primary N) is 1. The van der Waals surface area contributed by atoms with E-state index in [0.29, 0.717) is 6.54 Å². The lowest BCUT2D eigenvalue weighted by Crippen LogP contribution is -2.40. The van der Waals surface area contributed by atoms with Gasteiger partial charge in [-0.1, -0.05) is 18.2 Å². The quantitative estimate of drug-likeness (QED) is 0.598. The van der Waals surface area contributed by atoms with E-state index >= 15 is 0 Å². The van der Waals surface area contributed by atoms with E-state index in [0.717, 1.165) is 25.9 Å². The summed E-state index contributed by atoms with van der Waals surface area (Å²) in [5.74, 6) is -0.502. The minimum atomic E-state index is -0.321.